The van der Waals surface area contributed by atoms with Crippen LogP contribution in [0.4, 0.5) is 0 Å². The topological polar surface area (TPSA) is 80.8 Å². The molecular weight excluding hydrogens is 362 g/mol. The Morgan fingerprint density at radius 2 is 1.68 bits per heavy atom. The minimum atomic E-state index is -3.82. The van der Waals surface area contributed by atoms with E-state index in [0.29, 0.717) is 0 Å². The Morgan fingerprint density at radius 1 is 1.08 bits per heavy atom. The molecule has 140 valence electrons. The second-order valence-electron chi connectivity index (χ2n) is 7.06. The summed E-state index contributed by atoms with van der Waals surface area (Å²) in [5, 5.41) is -0.938. The number of hydrogen-bond donors (Lipinski definition) is 0. The Labute approximate surface area is 150 Å². The van der Waals surface area contributed by atoms with Gasteiger partial charge >= 0.3 is 0 Å². The van der Waals surface area contributed by atoms with E-state index in [2.05, 4.69) is 0 Å². The fourth-order valence-electron chi connectivity index (χ4n) is 3.82. The van der Waals surface area contributed by atoms with Crippen LogP contribution >= 0.6 is 0 Å². The first kappa shape index (κ1) is 18.7. The predicted octanol–water partition coefficient (Wildman–Crippen LogP) is 1.35. The molecule has 0 aliphatic carbocycles. The molecule has 1 aromatic carbocycles. The van der Waals surface area contributed by atoms with Crippen LogP contribution in [-0.2, 0) is 19.7 Å². The lowest BCUT2D eigenvalue weighted by atomic mass is 10.1. The number of nitrogens with zero attached hydrogens (tertiary/aromatic N) is 1. The highest BCUT2D eigenvalue weighted by atomic mass is 32.2. The molecule has 0 bridgehead atoms. The maximum Gasteiger partial charge on any atom is 0.187 e. The Hall–Kier alpha value is -1.12. The summed E-state index contributed by atoms with van der Waals surface area (Å²) < 4.78 is 56.5. The van der Waals surface area contributed by atoms with E-state index in [1.807, 2.05) is 18.7 Å². The zero-order valence-electron chi connectivity index (χ0n) is 14.9. The highest BCUT2D eigenvalue weighted by Crippen LogP contribution is 2.35. The number of methoxy groups -OCH3 is 1. The van der Waals surface area contributed by atoms with Crippen LogP contribution in [0, 0.1) is 13.8 Å². The van der Waals surface area contributed by atoms with Gasteiger partial charge in [0.1, 0.15) is 10.6 Å². The van der Waals surface area contributed by atoms with Gasteiger partial charge in [0.25, 0.3) is 0 Å². The van der Waals surface area contributed by atoms with Gasteiger partial charge in [0.15, 0.2) is 19.7 Å². The Morgan fingerprint density at radius 3 is 2.28 bits per heavy atom. The quantitative estimate of drug-likeness (QED) is 0.776. The molecule has 2 heterocycles. The average molecular weight is 388 g/mol. The highest BCUT2D eigenvalue weighted by molar-refractivity contribution is 7.96. The van der Waals surface area contributed by atoms with E-state index in [9.17, 15) is 16.8 Å². The van der Waals surface area contributed by atoms with Gasteiger partial charge < -0.3 is 4.74 Å². The number of likely N-dealkylation sites (tertiary alicyclic amines) is 1. The second-order valence-corrected chi connectivity index (χ2v) is 11.3. The van der Waals surface area contributed by atoms with Crippen molar-refractivity contribution >= 4 is 19.7 Å². The van der Waals surface area contributed by atoms with Crippen molar-refractivity contribution in [1.82, 2.24) is 4.90 Å². The minimum Gasteiger partial charge on any atom is -0.495 e. The first-order chi connectivity index (χ1) is 11.7. The SMILES string of the molecule is COc1cc(C)c(C)cc1S(=O)(=O)C1CS(=O)(=O)CC1N1CCCC1. The standard InChI is InChI=1S/C17H25NO5S2/c1-12-8-15(23-3)16(9-13(12)2)25(21,22)17-11-24(19,20)10-14(17)18-6-4-5-7-18/h8-9,14,17H,4-7,10-11H2,1-3H3. The molecule has 0 radical (unpaired) electrons. The third-order valence-corrected chi connectivity index (χ3v) is 9.50. The van der Waals surface area contributed by atoms with E-state index in [0.717, 1.165) is 37.1 Å². The Balaban J connectivity index is 2.07. The number of sulfone groups is 2. The summed E-state index contributed by atoms with van der Waals surface area (Å²) in [4.78, 5) is 2.13. The normalized spacial score (nSPS) is 26.8. The number of aryl methyl sites for hydroxylation is 2. The van der Waals surface area contributed by atoms with Crippen LogP contribution in [0.15, 0.2) is 17.0 Å². The molecule has 0 N–H and O–H groups in total. The maximum atomic E-state index is 13.4. The summed E-state index contributed by atoms with van der Waals surface area (Å²) in [6.07, 6.45) is 1.96. The molecule has 2 aliphatic rings. The third kappa shape index (κ3) is 3.44. The zero-order valence-corrected chi connectivity index (χ0v) is 16.5. The van der Waals surface area contributed by atoms with E-state index < -0.39 is 31.0 Å². The van der Waals surface area contributed by atoms with E-state index in [-0.39, 0.29) is 22.2 Å². The number of benzene rings is 1. The highest BCUT2D eigenvalue weighted by Gasteiger charge is 2.49. The van der Waals surface area contributed by atoms with Gasteiger partial charge in [-0.25, -0.2) is 16.8 Å². The summed E-state index contributed by atoms with van der Waals surface area (Å²) in [5.74, 6) is -0.107. The van der Waals surface area contributed by atoms with E-state index in [1.54, 1.807) is 12.1 Å². The monoisotopic (exact) mass is 387 g/mol. The van der Waals surface area contributed by atoms with Crippen LogP contribution in [0.25, 0.3) is 0 Å². The summed E-state index contributed by atoms with van der Waals surface area (Å²) in [6.45, 7) is 5.25. The largest absolute Gasteiger partial charge is 0.495 e. The van der Waals surface area contributed by atoms with Gasteiger partial charge in [0.2, 0.25) is 0 Å². The summed E-state index contributed by atoms with van der Waals surface area (Å²) in [7, 11) is -5.76. The fraction of sp³-hybridized carbons (Fsp3) is 0.647. The lowest BCUT2D eigenvalue weighted by Crippen LogP contribution is -2.45. The van der Waals surface area contributed by atoms with Crippen molar-refractivity contribution in [2.24, 2.45) is 0 Å². The van der Waals surface area contributed by atoms with E-state index in [4.69, 9.17) is 4.74 Å². The molecule has 2 atom stereocenters. The third-order valence-electron chi connectivity index (χ3n) is 5.37. The molecule has 2 aliphatic heterocycles. The summed E-state index contributed by atoms with van der Waals surface area (Å²) in [5.41, 5.74) is 1.78. The first-order valence-electron chi connectivity index (χ1n) is 8.49. The van der Waals surface area contributed by atoms with Gasteiger partial charge in [-0.3, -0.25) is 4.90 Å². The number of hydrogen-bond acceptors (Lipinski definition) is 6. The van der Waals surface area contributed by atoms with Crippen molar-refractivity contribution in [2.75, 3.05) is 31.7 Å². The molecule has 0 saturated carbocycles. The molecule has 1 aromatic rings. The molecule has 3 rings (SSSR count). The van der Waals surface area contributed by atoms with Crippen LogP contribution in [0.3, 0.4) is 0 Å². The van der Waals surface area contributed by atoms with Crippen molar-refractivity contribution < 1.29 is 21.6 Å². The minimum absolute atomic E-state index is 0.0793. The summed E-state index contributed by atoms with van der Waals surface area (Å²) in [6, 6.07) is 2.84. The molecule has 0 aromatic heterocycles. The molecule has 0 spiro atoms. The first-order valence-corrected chi connectivity index (χ1v) is 11.9. The smallest absolute Gasteiger partial charge is 0.187 e. The van der Waals surface area contributed by atoms with Gasteiger partial charge in [-0.05, 0) is 63.0 Å². The van der Waals surface area contributed by atoms with Crippen LogP contribution < -0.4 is 4.74 Å². The van der Waals surface area contributed by atoms with Crippen molar-refractivity contribution in [1.29, 1.82) is 0 Å². The molecule has 2 saturated heterocycles. The van der Waals surface area contributed by atoms with Crippen LogP contribution in [0.5, 0.6) is 5.75 Å². The zero-order chi connectivity index (χ0) is 18.4. The van der Waals surface area contributed by atoms with Crippen LogP contribution in [0.1, 0.15) is 24.0 Å². The second kappa shape index (κ2) is 6.55. The lowest BCUT2D eigenvalue weighted by molar-refractivity contribution is 0.264. The van der Waals surface area contributed by atoms with Gasteiger partial charge in [-0.1, -0.05) is 0 Å². The molecule has 8 heteroatoms. The fourth-order valence-corrected chi connectivity index (χ4v) is 8.87. The van der Waals surface area contributed by atoms with E-state index >= 15 is 0 Å². The Kier molecular flexibility index (Phi) is 4.89. The van der Waals surface area contributed by atoms with Crippen LogP contribution in [0.2, 0.25) is 0 Å². The molecule has 6 nitrogen and oxygen atoms in total. The average Bonchev–Trinajstić information content (AvgIpc) is 3.16. The molecular formula is C17H25NO5S2. The van der Waals surface area contributed by atoms with Crippen molar-refractivity contribution in [2.45, 2.75) is 42.9 Å². The number of ether oxygens (including phenoxy) is 1. The van der Waals surface area contributed by atoms with Crippen LogP contribution in [-0.4, -0.2) is 64.7 Å². The van der Waals surface area contributed by atoms with Crippen molar-refractivity contribution in [3.63, 3.8) is 0 Å². The Bertz CT molecular complexity index is 871. The van der Waals surface area contributed by atoms with Crippen molar-refractivity contribution in [3.05, 3.63) is 23.3 Å². The molecule has 25 heavy (non-hydrogen) atoms. The molecule has 0 amide bonds. The molecule has 2 unspecified atom stereocenters. The van der Waals surface area contributed by atoms with E-state index in [1.165, 1.54) is 7.11 Å². The van der Waals surface area contributed by atoms with Gasteiger partial charge in [0.05, 0.1) is 23.9 Å². The van der Waals surface area contributed by atoms with Gasteiger partial charge in [-0.2, -0.15) is 0 Å². The van der Waals surface area contributed by atoms with Gasteiger partial charge in [0, 0.05) is 6.04 Å². The predicted molar refractivity (Wildman–Crippen MR) is 96.7 cm³/mol. The summed E-state index contributed by atoms with van der Waals surface area (Å²) >= 11 is 0. The molecule has 2 fully saturated rings. The van der Waals surface area contributed by atoms with Crippen molar-refractivity contribution in [3.8, 4) is 5.75 Å². The maximum absolute atomic E-state index is 13.4. The lowest BCUT2D eigenvalue weighted by Gasteiger charge is -2.28. The number of rotatable bonds is 4. The van der Waals surface area contributed by atoms with Gasteiger partial charge in [-0.15, -0.1) is 0 Å².